The first-order chi connectivity index (χ1) is 9.70. The number of hydrogen-bond acceptors (Lipinski definition) is 4. The fourth-order valence-electron chi connectivity index (χ4n) is 1.47. The molecule has 100 valence electrons. The Labute approximate surface area is 129 Å². The van der Waals surface area contributed by atoms with Gasteiger partial charge in [-0.15, -0.1) is 0 Å². The number of para-hydroxylation sites is 1. The number of rotatable bonds is 4. The molecule has 0 bridgehead atoms. The van der Waals surface area contributed by atoms with Crippen molar-refractivity contribution in [3.8, 4) is 6.07 Å². The van der Waals surface area contributed by atoms with Crippen LogP contribution in [0.5, 0.6) is 0 Å². The molecule has 0 aliphatic rings. The van der Waals surface area contributed by atoms with Gasteiger partial charge in [-0.2, -0.15) is 5.26 Å². The third kappa shape index (κ3) is 3.83. The molecule has 0 fully saturated rings. The van der Waals surface area contributed by atoms with Gasteiger partial charge in [-0.1, -0.05) is 23.9 Å². The molecular weight excluding hydrogens is 338 g/mol. The first kappa shape index (κ1) is 14.6. The van der Waals surface area contributed by atoms with Crippen molar-refractivity contribution in [3.63, 3.8) is 0 Å². The van der Waals surface area contributed by atoms with Crippen LogP contribution in [0, 0.1) is 11.3 Å². The first-order valence-corrected chi connectivity index (χ1v) is 7.51. The van der Waals surface area contributed by atoms with Crippen LogP contribution in [-0.4, -0.2) is 16.6 Å². The third-order valence-electron chi connectivity index (χ3n) is 2.38. The number of carbonyl (C=O) groups is 1. The average Bonchev–Trinajstić information content (AvgIpc) is 2.48. The van der Waals surface area contributed by atoms with Crippen molar-refractivity contribution in [3.05, 3.63) is 52.6 Å². The van der Waals surface area contributed by atoms with E-state index in [0.29, 0.717) is 10.6 Å². The summed E-state index contributed by atoms with van der Waals surface area (Å²) < 4.78 is 0.828. The fraction of sp³-hybridized carbons (Fsp3) is 0.0714. The molecule has 2 rings (SSSR count). The standard InChI is InChI=1S/C14H10BrN3OS/c15-11-5-1-2-6-12(11)18-13(19)9-20-14-10(8-16)4-3-7-17-14/h1-7H,9H2,(H,18,19). The summed E-state index contributed by atoms with van der Waals surface area (Å²) in [4.78, 5) is 16.0. The maximum atomic E-state index is 11.9. The molecule has 1 amide bonds. The van der Waals surface area contributed by atoms with Crippen molar-refractivity contribution in [2.45, 2.75) is 5.03 Å². The van der Waals surface area contributed by atoms with Gasteiger partial charge in [0.1, 0.15) is 11.1 Å². The topological polar surface area (TPSA) is 65.8 Å². The minimum Gasteiger partial charge on any atom is -0.324 e. The largest absolute Gasteiger partial charge is 0.324 e. The molecule has 0 atom stereocenters. The summed E-state index contributed by atoms with van der Waals surface area (Å²) in [6, 6.07) is 12.8. The van der Waals surface area contributed by atoms with E-state index in [9.17, 15) is 4.79 Å². The van der Waals surface area contributed by atoms with Crippen molar-refractivity contribution in [2.24, 2.45) is 0 Å². The van der Waals surface area contributed by atoms with Gasteiger partial charge in [0.25, 0.3) is 0 Å². The Morgan fingerprint density at radius 1 is 1.35 bits per heavy atom. The number of carbonyl (C=O) groups excluding carboxylic acids is 1. The van der Waals surface area contributed by atoms with Crippen LogP contribution in [0.4, 0.5) is 5.69 Å². The Balaban J connectivity index is 1.96. The maximum Gasteiger partial charge on any atom is 0.234 e. The number of anilines is 1. The van der Waals surface area contributed by atoms with E-state index in [1.54, 1.807) is 18.3 Å². The summed E-state index contributed by atoms with van der Waals surface area (Å²) in [6.45, 7) is 0. The number of hydrogen-bond donors (Lipinski definition) is 1. The van der Waals surface area contributed by atoms with Crippen LogP contribution >= 0.6 is 27.7 Å². The number of pyridine rings is 1. The lowest BCUT2D eigenvalue weighted by Gasteiger charge is -2.07. The zero-order valence-electron chi connectivity index (χ0n) is 10.3. The summed E-state index contributed by atoms with van der Waals surface area (Å²) in [5.41, 5.74) is 1.20. The Morgan fingerprint density at radius 3 is 2.90 bits per heavy atom. The number of aromatic nitrogens is 1. The van der Waals surface area contributed by atoms with E-state index >= 15 is 0 Å². The van der Waals surface area contributed by atoms with Gasteiger partial charge in [0, 0.05) is 10.7 Å². The summed E-state index contributed by atoms with van der Waals surface area (Å²) >= 11 is 4.61. The molecule has 0 saturated carbocycles. The number of halogens is 1. The monoisotopic (exact) mass is 347 g/mol. The molecule has 0 aliphatic heterocycles. The molecule has 0 saturated heterocycles. The van der Waals surface area contributed by atoms with E-state index < -0.39 is 0 Å². The number of nitrogens with one attached hydrogen (secondary N) is 1. The normalized spacial score (nSPS) is 9.80. The summed E-state index contributed by atoms with van der Waals surface area (Å²) in [6.07, 6.45) is 1.61. The summed E-state index contributed by atoms with van der Waals surface area (Å²) in [5, 5.41) is 12.3. The molecule has 1 aromatic heterocycles. The molecule has 1 aromatic carbocycles. The van der Waals surface area contributed by atoms with Crippen LogP contribution in [0.25, 0.3) is 0 Å². The SMILES string of the molecule is N#Cc1cccnc1SCC(=O)Nc1ccccc1Br. The lowest BCUT2D eigenvalue weighted by atomic mass is 10.3. The van der Waals surface area contributed by atoms with E-state index in [1.807, 2.05) is 24.3 Å². The van der Waals surface area contributed by atoms with Crippen molar-refractivity contribution >= 4 is 39.3 Å². The summed E-state index contributed by atoms with van der Waals surface area (Å²) in [5.74, 6) is 0.0592. The van der Waals surface area contributed by atoms with Gasteiger partial charge in [-0.25, -0.2) is 4.98 Å². The van der Waals surface area contributed by atoms with Crippen LogP contribution in [0.1, 0.15) is 5.56 Å². The van der Waals surface area contributed by atoms with Gasteiger partial charge >= 0.3 is 0 Å². The van der Waals surface area contributed by atoms with Crippen molar-refractivity contribution < 1.29 is 4.79 Å². The van der Waals surface area contributed by atoms with Gasteiger partial charge in [0.2, 0.25) is 5.91 Å². The number of amides is 1. The summed E-state index contributed by atoms with van der Waals surface area (Å²) in [7, 11) is 0. The Kier molecular flexibility index (Phi) is 5.16. The molecule has 6 heteroatoms. The first-order valence-electron chi connectivity index (χ1n) is 5.73. The van der Waals surface area contributed by atoms with E-state index in [4.69, 9.17) is 5.26 Å². The van der Waals surface area contributed by atoms with Crippen molar-refractivity contribution in [1.29, 1.82) is 5.26 Å². The van der Waals surface area contributed by atoms with E-state index in [1.165, 1.54) is 11.8 Å². The maximum absolute atomic E-state index is 11.9. The van der Waals surface area contributed by atoms with Gasteiger partial charge in [0.05, 0.1) is 17.0 Å². The molecule has 0 radical (unpaired) electrons. The van der Waals surface area contributed by atoms with Gasteiger partial charge in [-0.3, -0.25) is 4.79 Å². The third-order valence-corrected chi connectivity index (χ3v) is 4.08. The minimum atomic E-state index is -0.142. The average molecular weight is 348 g/mol. The van der Waals surface area contributed by atoms with Crippen molar-refractivity contribution in [2.75, 3.05) is 11.1 Å². The molecule has 20 heavy (non-hydrogen) atoms. The van der Waals surface area contributed by atoms with Crippen LogP contribution < -0.4 is 5.32 Å². The molecule has 0 unspecified atom stereocenters. The van der Waals surface area contributed by atoms with Crippen LogP contribution in [0.15, 0.2) is 52.1 Å². The predicted molar refractivity (Wildman–Crippen MR) is 82.4 cm³/mol. The smallest absolute Gasteiger partial charge is 0.234 e. The predicted octanol–water partition coefficient (Wildman–Crippen LogP) is 3.45. The lowest BCUT2D eigenvalue weighted by Crippen LogP contribution is -2.14. The van der Waals surface area contributed by atoms with Crippen LogP contribution in [-0.2, 0) is 4.79 Å². The second kappa shape index (κ2) is 7.08. The number of thioether (sulfide) groups is 1. The van der Waals surface area contributed by atoms with Gasteiger partial charge < -0.3 is 5.32 Å². The number of nitrogens with zero attached hydrogens (tertiary/aromatic N) is 2. The van der Waals surface area contributed by atoms with Gasteiger partial charge in [-0.05, 0) is 40.2 Å². The molecule has 0 aliphatic carbocycles. The molecule has 2 aromatic rings. The molecule has 1 N–H and O–H groups in total. The van der Waals surface area contributed by atoms with Crippen LogP contribution in [0.3, 0.4) is 0 Å². The van der Waals surface area contributed by atoms with E-state index in [2.05, 4.69) is 32.3 Å². The number of nitriles is 1. The van der Waals surface area contributed by atoms with E-state index in [0.717, 1.165) is 10.2 Å². The Morgan fingerprint density at radius 2 is 2.15 bits per heavy atom. The molecule has 0 spiro atoms. The highest BCUT2D eigenvalue weighted by molar-refractivity contribution is 9.10. The lowest BCUT2D eigenvalue weighted by molar-refractivity contribution is -0.113. The van der Waals surface area contributed by atoms with Crippen molar-refractivity contribution in [1.82, 2.24) is 4.98 Å². The second-order valence-corrected chi connectivity index (χ2v) is 5.60. The second-order valence-electron chi connectivity index (χ2n) is 3.78. The highest BCUT2D eigenvalue weighted by Crippen LogP contribution is 2.23. The zero-order chi connectivity index (χ0) is 14.4. The van der Waals surface area contributed by atoms with Crippen LogP contribution in [0.2, 0.25) is 0 Å². The van der Waals surface area contributed by atoms with E-state index in [-0.39, 0.29) is 11.7 Å². The fourth-order valence-corrected chi connectivity index (χ4v) is 2.60. The number of benzene rings is 1. The Hall–Kier alpha value is -1.84. The minimum absolute atomic E-state index is 0.142. The molecule has 4 nitrogen and oxygen atoms in total. The molecular formula is C14H10BrN3OS. The van der Waals surface area contributed by atoms with Gasteiger partial charge in [0.15, 0.2) is 0 Å². The highest BCUT2D eigenvalue weighted by Gasteiger charge is 2.09. The Bertz CT molecular complexity index is 669. The molecule has 1 heterocycles. The highest BCUT2D eigenvalue weighted by atomic mass is 79.9. The zero-order valence-corrected chi connectivity index (χ0v) is 12.7. The quantitative estimate of drug-likeness (QED) is 0.860.